The Bertz CT molecular complexity index is 310. The summed E-state index contributed by atoms with van der Waals surface area (Å²) in [5.74, 6) is -0.156. The molecule has 2 rings (SSSR count). The predicted molar refractivity (Wildman–Crippen MR) is 51.3 cm³/mol. The number of rotatable bonds is 2. The molecule has 1 heterocycles. The van der Waals surface area contributed by atoms with Gasteiger partial charge in [0.05, 0.1) is 0 Å². The van der Waals surface area contributed by atoms with E-state index in [4.69, 9.17) is 11.6 Å². The average Bonchev–Trinajstić information content (AvgIpc) is 2.03. The van der Waals surface area contributed by atoms with Crippen molar-refractivity contribution in [3.63, 3.8) is 0 Å². The lowest BCUT2D eigenvalue weighted by molar-refractivity contribution is 0.170. The van der Waals surface area contributed by atoms with Gasteiger partial charge in [-0.05, 0) is 37.7 Å². The van der Waals surface area contributed by atoms with Crippen molar-refractivity contribution in [2.45, 2.75) is 13.0 Å². The lowest BCUT2D eigenvalue weighted by atomic mass is 10.1. The smallest absolute Gasteiger partial charge is 0.127 e. The first-order valence-corrected chi connectivity index (χ1v) is 4.80. The molecule has 0 amide bonds. The molecule has 70 valence electrons. The van der Waals surface area contributed by atoms with Gasteiger partial charge in [-0.25, -0.2) is 4.39 Å². The van der Waals surface area contributed by atoms with Gasteiger partial charge in [0.15, 0.2) is 0 Å². The van der Waals surface area contributed by atoms with E-state index < -0.39 is 0 Å². The van der Waals surface area contributed by atoms with Crippen molar-refractivity contribution in [2.75, 3.05) is 13.1 Å². The Balaban J connectivity index is 2.13. The largest absolute Gasteiger partial charge is 0.299 e. The minimum absolute atomic E-state index is 0.156. The van der Waals surface area contributed by atoms with E-state index in [-0.39, 0.29) is 5.82 Å². The second-order valence-electron chi connectivity index (χ2n) is 3.37. The molecule has 1 saturated heterocycles. The summed E-state index contributed by atoms with van der Waals surface area (Å²) in [6.45, 7) is 2.84. The maximum absolute atomic E-state index is 13.2. The van der Waals surface area contributed by atoms with Gasteiger partial charge in [-0.3, -0.25) is 4.90 Å². The van der Waals surface area contributed by atoms with Crippen LogP contribution in [0.1, 0.15) is 12.0 Å². The minimum atomic E-state index is -0.156. The van der Waals surface area contributed by atoms with Crippen LogP contribution in [-0.4, -0.2) is 18.0 Å². The van der Waals surface area contributed by atoms with Gasteiger partial charge < -0.3 is 0 Å². The van der Waals surface area contributed by atoms with E-state index in [9.17, 15) is 4.39 Å². The third kappa shape index (κ3) is 2.01. The third-order valence-corrected chi connectivity index (χ3v) is 2.59. The second kappa shape index (κ2) is 3.64. The van der Waals surface area contributed by atoms with Crippen LogP contribution in [0.25, 0.3) is 0 Å². The third-order valence-electron chi connectivity index (χ3n) is 2.35. The van der Waals surface area contributed by atoms with Crippen molar-refractivity contribution >= 4 is 11.6 Å². The van der Waals surface area contributed by atoms with Crippen LogP contribution in [-0.2, 0) is 6.54 Å². The lowest BCUT2D eigenvalue weighted by Gasteiger charge is -2.30. The zero-order valence-electron chi connectivity index (χ0n) is 7.26. The van der Waals surface area contributed by atoms with E-state index >= 15 is 0 Å². The Labute approximate surface area is 82.1 Å². The lowest BCUT2D eigenvalue weighted by Crippen LogP contribution is -2.36. The summed E-state index contributed by atoms with van der Waals surface area (Å²) < 4.78 is 13.2. The minimum Gasteiger partial charge on any atom is -0.299 e. The highest BCUT2D eigenvalue weighted by Crippen LogP contribution is 2.18. The van der Waals surface area contributed by atoms with E-state index in [0.717, 1.165) is 13.1 Å². The Morgan fingerprint density at radius 3 is 2.77 bits per heavy atom. The van der Waals surface area contributed by atoms with E-state index in [1.54, 1.807) is 12.1 Å². The van der Waals surface area contributed by atoms with Crippen molar-refractivity contribution in [1.82, 2.24) is 4.90 Å². The summed E-state index contributed by atoms with van der Waals surface area (Å²) in [5.41, 5.74) is 0.701. The van der Waals surface area contributed by atoms with Crippen LogP contribution in [0.5, 0.6) is 0 Å². The molecule has 1 fully saturated rings. The van der Waals surface area contributed by atoms with Crippen LogP contribution in [0.2, 0.25) is 5.02 Å². The SMILES string of the molecule is Fc1ccc(Cl)cc1CN1CCC1. The fraction of sp³-hybridized carbons (Fsp3) is 0.400. The van der Waals surface area contributed by atoms with Gasteiger partial charge in [0, 0.05) is 17.1 Å². The van der Waals surface area contributed by atoms with Crippen molar-refractivity contribution in [2.24, 2.45) is 0 Å². The Hall–Kier alpha value is -0.600. The predicted octanol–water partition coefficient (Wildman–Crippen LogP) is 2.68. The first-order valence-electron chi connectivity index (χ1n) is 4.42. The van der Waals surface area contributed by atoms with Crippen LogP contribution >= 0.6 is 11.6 Å². The van der Waals surface area contributed by atoms with Crippen LogP contribution < -0.4 is 0 Å². The number of halogens is 2. The highest BCUT2D eigenvalue weighted by atomic mass is 35.5. The van der Waals surface area contributed by atoms with Crippen LogP contribution in [0.4, 0.5) is 4.39 Å². The first-order chi connectivity index (χ1) is 6.25. The number of hydrogen-bond donors (Lipinski definition) is 0. The van der Waals surface area contributed by atoms with Gasteiger partial charge in [-0.15, -0.1) is 0 Å². The molecule has 0 aliphatic carbocycles. The molecule has 1 nitrogen and oxygen atoms in total. The zero-order chi connectivity index (χ0) is 9.26. The molecule has 0 atom stereocenters. The zero-order valence-corrected chi connectivity index (χ0v) is 8.02. The Morgan fingerprint density at radius 2 is 2.15 bits per heavy atom. The monoisotopic (exact) mass is 199 g/mol. The summed E-state index contributed by atoms with van der Waals surface area (Å²) in [6, 6.07) is 4.71. The summed E-state index contributed by atoms with van der Waals surface area (Å²) in [7, 11) is 0. The molecule has 0 saturated carbocycles. The molecule has 0 aromatic heterocycles. The molecule has 0 bridgehead atoms. The number of hydrogen-bond acceptors (Lipinski definition) is 1. The molecule has 1 aliphatic heterocycles. The maximum atomic E-state index is 13.2. The van der Waals surface area contributed by atoms with E-state index in [1.807, 2.05) is 0 Å². The molecule has 0 N–H and O–H groups in total. The fourth-order valence-electron chi connectivity index (χ4n) is 1.45. The first kappa shape index (κ1) is 8.97. The van der Waals surface area contributed by atoms with Gasteiger partial charge >= 0.3 is 0 Å². The van der Waals surface area contributed by atoms with Crippen molar-refractivity contribution < 1.29 is 4.39 Å². The van der Waals surface area contributed by atoms with E-state index in [0.29, 0.717) is 17.1 Å². The van der Waals surface area contributed by atoms with Gasteiger partial charge in [-0.1, -0.05) is 11.6 Å². The molecule has 1 aromatic carbocycles. The molecule has 1 aromatic rings. The normalized spacial score (nSPS) is 17.1. The molecule has 0 spiro atoms. The van der Waals surface area contributed by atoms with Crippen LogP contribution in [0, 0.1) is 5.82 Å². The summed E-state index contributed by atoms with van der Waals surface area (Å²) in [6.07, 6.45) is 1.22. The topological polar surface area (TPSA) is 3.24 Å². The molecule has 0 unspecified atom stereocenters. The fourth-order valence-corrected chi connectivity index (χ4v) is 1.64. The standard InChI is InChI=1S/C10H11ClFN/c11-9-2-3-10(12)8(6-9)7-13-4-1-5-13/h2-3,6H,1,4-5,7H2. The summed E-state index contributed by atoms with van der Waals surface area (Å²) in [4.78, 5) is 2.20. The van der Waals surface area contributed by atoms with Crippen molar-refractivity contribution in [1.29, 1.82) is 0 Å². The molecular formula is C10H11ClFN. The molecule has 0 radical (unpaired) electrons. The molecule has 3 heteroatoms. The number of likely N-dealkylation sites (tertiary alicyclic amines) is 1. The highest BCUT2D eigenvalue weighted by molar-refractivity contribution is 6.30. The van der Waals surface area contributed by atoms with Gasteiger partial charge in [0.25, 0.3) is 0 Å². The summed E-state index contributed by atoms with van der Waals surface area (Å²) in [5, 5.41) is 0.608. The summed E-state index contributed by atoms with van der Waals surface area (Å²) >= 11 is 5.78. The maximum Gasteiger partial charge on any atom is 0.127 e. The van der Waals surface area contributed by atoms with Gasteiger partial charge in [-0.2, -0.15) is 0 Å². The number of benzene rings is 1. The second-order valence-corrected chi connectivity index (χ2v) is 3.80. The molecule has 1 aliphatic rings. The van der Waals surface area contributed by atoms with Crippen molar-refractivity contribution in [3.8, 4) is 0 Å². The van der Waals surface area contributed by atoms with Crippen molar-refractivity contribution in [3.05, 3.63) is 34.6 Å². The molecular weight excluding hydrogens is 189 g/mol. The Morgan fingerprint density at radius 1 is 1.38 bits per heavy atom. The highest BCUT2D eigenvalue weighted by Gasteiger charge is 2.15. The van der Waals surface area contributed by atoms with Gasteiger partial charge in [0.1, 0.15) is 5.82 Å². The average molecular weight is 200 g/mol. The Kier molecular flexibility index (Phi) is 2.51. The van der Waals surface area contributed by atoms with Gasteiger partial charge in [0.2, 0.25) is 0 Å². The molecule has 13 heavy (non-hydrogen) atoms. The van der Waals surface area contributed by atoms with E-state index in [1.165, 1.54) is 12.5 Å². The van der Waals surface area contributed by atoms with Crippen LogP contribution in [0.15, 0.2) is 18.2 Å². The van der Waals surface area contributed by atoms with E-state index in [2.05, 4.69) is 4.90 Å². The van der Waals surface area contributed by atoms with Crippen LogP contribution in [0.3, 0.4) is 0 Å². The number of nitrogens with zero attached hydrogens (tertiary/aromatic N) is 1. The quantitative estimate of drug-likeness (QED) is 0.708.